The molecule has 1 atom stereocenters. The molecule has 0 aliphatic carbocycles. The molecule has 1 aliphatic heterocycles. The highest BCUT2D eigenvalue weighted by Crippen LogP contribution is 2.20. The number of hydrogen-bond acceptors (Lipinski definition) is 4. The van der Waals surface area contributed by atoms with Gasteiger partial charge in [0.2, 0.25) is 5.91 Å². The van der Waals surface area contributed by atoms with Gasteiger partial charge in [0.05, 0.1) is 12.6 Å². The van der Waals surface area contributed by atoms with E-state index in [4.69, 9.17) is 11.6 Å². The Labute approximate surface area is 203 Å². The van der Waals surface area contributed by atoms with Crippen molar-refractivity contribution in [3.05, 3.63) is 34.9 Å². The van der Waals surface area contributed by atoms with Gasteiger partial charge in [-0.2, -0.15) is 0 Å². The third-order valence-electron chi connectivity index (χ3n) is 5.03. The zero-order chi connectivity index (χ0) is 21.4. The van der Waals surface area contributed by atoms with E-state index in [2.05, 4.69) is 56.6 Å². The summed E-state index contributed by atoms with van der Waals surface area (Å²) in [6, 6.07) is 8.38. The molecule has 170 valence electrons. The lowest BCUT2D eigenvalue weighted by atomic mass is 10.1. The van der Waals surface area contributed by atoms with E-state index in [1.165, 1.54) is 5.56 Å². The molecule has 2 rings (SSSR count). The largest absolute Gasteiger partial charge is 0.354 e. The van der Waals surface area contributed by atoms with Crippen LogP contribution in [0.4, 0.5) is 0 Å². The average Bonchev–Trinajstić information content (AvgIpc) is 2.66. The number of halogens is 2. The van der Waals surface area contributed by atoms with Crippen molar-refractivity contribution in [3.8, 4) is 0 Å². The van der Waals surface area contributed by atoms with E-state index in [1.807, 2.05) is 33.0 Å². The van der Waals surface area contributed by atoms with Gasteiger partial charge in [-0.05, 0) is 45.6 Å². The summed E-state index contributed by atoms with van der Waals surface area (Å²) in [5.74, 6) is 0.991. The molecule has 0 spiro atoms. The number of nitrogens with zero attached hydrogens (tertiary/aromatic N) is 4. The third-order valence-corrected chi connectivity index (χ3v) is 5.28. The van der Waals surface area contributed by atoms with Crippen molar-refractivity contribution >= 4 is 47.4 Å². The van der Waals surface area contributed by atoms with Crippen LogP contribution >= 0.6 is 35.6 Å². The molecule has 9 heteroatoms. The van der Waals surface area contributed by atoms with E-state index in [1.54, 1.807) is 0 Å². The summed E-state index contributed by atoms with van der Waals surface area (Å²) < 4.78 is 0. The van der Waals surface area contributed by atoms with Crippen LogP contribution in [0.15, 0.2) is 29.3 Å². The lowest BCUT2D eigenvalue weighted by molar-refractivity contribution is -0.123. The Morgan fingerprint density at radius 1 is 1.17 bits per heavy atom. The van der Waals surface area contributed by atoms with Gasteiger partial charge < -0.3 is 20.4 Å². The Bertz CT molecular complexity index is 675. The van der Waals surface area contributed by atoms with Gasteiger partial charge in [0.1, 0.15) is 0 Å². The van der Waals surface area contributed by atoms with Crippen molar-refractivity contribution in [2.45, 2.75) is 25.9 Å². The number of rotatable bonds is 7. The Morgan fingerprint density at radius 2 is 1.77 bits per heavy atom. The molecule has 1 unspecified atom stereocenters. The Kier molecular flexibility index (Phi) is 12.0. The van der Waals surface area contributed by atoms with Crippen molar-refractivity contribution in [2.24, 2.45) is 4.99 Å². The molecule has 2 N–H and O–H groups in total. The fraction of sp³-hybridized carbons (Fsp3) is 0.619. The van der Waals surface area contributed by atoms with E-state index in [-0.39, 0.29) is 42.0 Å². The van der Waals surface area contributed by atoms with Crippen LogP contribution in [0.1, 0.15) is 25.5 Å². The standard InChI is InChI=1S/C21H35ClN6O.HI/c1-16(2)25-20(29)15-27-10-12-28(13-11-27)21(23-3)24-14-19(26(4)5)17-6-8-18(22)9-7-17;/h6-9,16,19H,10-15H2,1-5H3,(H,23,24)(H,25,29);1H. The molecule has 0 saturated carbocycles. The van der Waals surface area contributed by atoms with Gasteiger partial charge in [0, 0.05) is 50.8 Å². The van der Waals surface area contributed by atoms with Crippen LogP contribution in [0.3, 0.4) is 0 Å². The topological polar surface area (TPSA) is 63.2 Å². The van der Waals surface area contributed by atoms with Gasteiger partial charge >= 0.3 is 0 Å². The van der Waals surface area contributed by atoms with Crippen LogP contribution in [-0.2, 0) is 4.79 Å². The first-order valence-electron chi connectivity index (χ1n) is 10.2. The number of carbonyl (C=O) groups excluding carboxylic acids is 1. The van der Waals surface area contributed by atoms with Crippen LogP contribution in [0.2, 0.25) is 5.02 Å². The Balaban J connectivity index is 0.00000450. The molecular weight excluding hydrogens is 515 g/mol. The zero-order valence-electron chi connectivity index (χ0n) is 18.7. The lowest BCUT2D eigenvalue weighted by Crippen LogP contribution is -2.54. The van der Waals surface area contributed by atoms with Gasteiger partial charge in [0.15, 0.2) is 5.96 Å². The quantitative estimate of drug-likeness (QED) is 0.310. The highest BCUT2D eigenvalue weighted by atomic mass is 127. The summed E-state index contributed by atoms with van der Waals surface area (Å²) in [5.41, 5.74) is 1.21. The van der Waals surface area contributed by atoms with Gasteiger partial charge in [-0.1, -0.05) is 23.7 Å². The Morgan fingerprint density at radius 3 is 2.27 bits per heavy atom. The number of aliphatic imine (C=N–C) groups is 1. The SMILES string of the molecule is CN=C(NCC(c1ccc(Cl)cc1)N(C)C)N1CCN(CC(=O)NC(C)C)CC1.I. The van der Waals surface area contributed by atoms with E-state index in [9.17, 15) is 4.79 Å². The highest BCUT2D eigenvalue weighted by molar-refractivity contribution is 14.0. The second kappa shape index (κ2) is 13.3. The monoisotopic (exact) mass is 550 g/mol. The highest BCUT2D eigenvalue weighted by Gasteiger charge is 2.22. The molecule has 1 saturated heterocycles. The van der Waals surface area contributed by atoms with Crippen LogP contribution in [0.5, 0.6) is 0 Å². The minimum Gasteiger partial charge on any atom is -0.354 e. The van der Waals surface area contributed by atoms with E-state index >= 15 is 0 Å². The molecule has 1 aromatic rings. The predicted molar refractivity (Wildman–Crippen MR) is 136 cm³/mol. The average molecular weight is 551 g/mol. The number of piperazine rings is 1. The number of likely N-dealkylation sites (N-methyl/N-ethyl adjacent to an activating group) is 1. The molecule has 0 radical (unpaired) electrons. The van der Waals surface area contributed by atoms with E-state index in [0.717, 1.165) is 43.7 Å². The first-order valence-corrected chi connectivity index (χ1v) is 10.6. The number of hydrogen-bond donors (Lipinski definition) is 2. The smallest absolute Gasteiger partial charge is 0.234 e. The molecule has 7 nitrogen and oxygen atoms in total. The lowest BCUT2D eigenvalue weighted by Gasteiger charge is -2.37. The summed E-state index contributed by atoms with van der Waals surface area (Å²) in [6.07, 6.45) is 0. The maximum Gasteiger partial charge on any atom is 0.234 e. The molecular formula is C21H36ClIN6O. The van der Waals surface area contributed by atoms with Gasteiger partial charge in [-0.25, -0.2) is 0 Å². The van der Waals surface area contributed by atoms with Gasteiger partial charge in [0.25, 0.3) is 0 Å². The molecule has 0 bridgehead atoms. The Hall–Kier alpha value is -1.10. The van der Waals surface area contributed by atoms with Crippen LogP contribution in [0, 0.1) is 0 Å². The molecule has 1 heterocycles. The minimum absolute atomic E-state index is 0. The van der Waals surface area contributed by atoms with Crippen molar-refractivity contribution in [1.29, 1.82) is 0 Å². The molecule has 30 heavy (non-hydrogen) atoms. The summed E-state index contributed by atoms with van der Waals surface area (Å²) in [6.45, 7) is 8.56. The fourth-order valence-electron chi connectivity index (χ4n) is 3.49. The second-order valence-corrected chi connectivity index (χ2v) is 8.38. The molecule has 1 fully saturated rings. The molecule has 1 amide bonds. The zero-order valence-corrected chi connectivity index (χ0v) is 21.8. The van der Waals surface area contributed by atoms with E-state index in [0.29, 0.717) is 6.54 Å². The van der Waals surface area contributed by atoms with E-state index < -0.39 is 0 Å². The summed E-state index contributed by atoms with van der Waals surface area (Å²) in [5, 5.41) is 7.22. The second-order valence-electron chi connectivity index (χ2n) is 7.94. The maximum atomic E-state index is 12.0. The summed E-state index contributed by atoms with van der Waals surface area (Å²) in [7, 11) is 5.97. The number of nitrogens with one attached hydrogen (secondary N) is 2. The molecule has 1 aromatic carbocycles. The summed E-state index contributed by atoms with van der Waals surface area (Å²) in [4.78, 5) is 23.1. The van der Waals surface area contributed by atoms with Crippen molar-refractivity contribution in [3.63, 3.8) is 0 Å². The fourth-order valence-corrected chi connectivity index (χ4v) is 3.62. The van der Waals surface area contributed by atoms with Crippen molar-refractivity contribution in [1.82, 2.24) is 25.3 Å². The van der Waals surface area contributed by atoms with Gasteiger partial charge in [-0.3, -0.25) is 14.7 Å². The van der Waals surface area contributed by atoms with Crippen molar-refractivity contribution in [2.75, 3.05) is 60.4 Å². The van der Waals surface area contributed by atoms with Crippen LogP contribution in [-0.4, -0.2) is 93.0 Å². The van der Waals surface area contributed by atoms with Gasteiger partial charge in [-0.15, -0.1) is 24.0 Å². The first-order chi connectivity index (χ1) is 13.8. The third kappa shape index (κ3) is 8.56. The normalized spacial score (nSPS) is 16.4. The van der Waals surface area contributed by atoms with Crippen LogP contribution < -0.4 is 10.6 Å². The predicted octanol–water partition coefficient (Wildman–Crippen LogP) is 2.28. The number of guanidine groups is 1. The number of amides is 1. The first kappa shape index (κ1) is 26.9. The molecule has 0 aromatic heterocycles. The summed E-state index contributed by atoms with van der Waals surface area (Å²) >= 11 is 6.03. The number of benzene rings is 1. The number of carbonyl (C=O) groups is 1. The minimum atomic E-state index is 0. The van der Waals surface area contributed by atoms with Crippen molar-refractivity contribution < 1.29 is 4.79 Å². The maximum absolute atomic E-state index is 12.0. The van der Waals surface area contributed by atoms with Crippen LogP contribution in [0.25, 0.3) is 0 Å². The molecule has 1 aliphatic rings.